The van der Waals surface area contributed by atoms with Crippen LogP contribution in [0.5, 0.6) is 0 Å². The second-order valence-corrected chi connectivity index (χ2v) is 4.23. The quantitative estimate of drug-likeness (QED) is 0.462. The van der Waals surface area contributed by atoms with Gasteiger partial charge < -0.3 is 0 Å². The fourth-order valence-electron chi connectivity index (χ4n) is 2.02. The van der Waals surface area contributed by atoms with Crippen LogP contribution < -0.4 is 5.56 Å². The average Bonchev–Trinajstić information content (AvgIpc) is 2.37. The zero-order chi connectivity index (χ0) is 13.7. The van der Waals surface area contributed by atoms with Gasteiger partial charge in [0.05, 0.1) is 10.9 Å². The Morgan fingerprint density at radius 2 is 1.89 bits per heavy atom. The zero-order valence-corrected chi connectivity index (χ0v) is 9.75. The molecule has 0 atom stereocenters. The molecule has 2 aromatic heterocycles. The summed E-state index contributed by atoms with van der Waals surface area (Å²) in [4.78, 5) is 15.4. The highest BCUT2D eigenvalue weighted by Gasteiger charge is 2.18. The number of hydrogen-bond donors (Lipinski definition) is 0. The van der Waals surface area contributed by atoms with Gasteiger partial charge in [0.15, 0.2) is 17.5 Å². The van der Waals surface area contributed by atoms with E-state index in [1.54, 1.807) is 13.0 Å². The Bertz CT molecular complexity index is 887. The molecule has 1 aromatic carbocycles. The predicted octanol–water partition coefficient (Wildman–Crippen LogP) is 2.57. The normalized spacial score (nSPS) is 11.4. The lowest BCUT2D eigenvalue weighted by Gasteiger charge is -2.08. The molecule has 0 radical (unpaired) electrons. The summed E-state index contributed by atoms with van der Waals surface area (Å²) in [7, 11) is 0. The molecular weight excluding hydrogens is 257 g/mol. The summed E-state index contributed by atoms with van der Waals surface area (Å²) < 4.78 is 41.7. The van der Waals surface area contributed by atoms with E-state index in [-0.39, 0.29) is 16.6 Å². The molecule has 0 aliphatic carbocycles. The van der Waals surface area contributed by atoms with Crippen molar-refractivity contribution in [1.82, 2.24) is 9.38 Å². The first-order valence-electron chi connectivity index (χ1n) is 5.45. The molecule has 2 heterocycles. The lowest BCUT2D eigenvalue weighted by Crippen LogP contribution is -2.13. The Morgan fingerprint density at radius 3 is 2.63 bits per heavy atom. The van der Waals surface area contributed by atoms with E-state index >= 15 is 0 Å². The summed E-state index contributed by atoms with van der Waals surface area (Å²) >= 11 is 0. The third-order valence-electron chi connectivity index (χ3n) is 2.90. The van der Waals surface area contributed by atoms with Crippen LogP contribution in [-0.4, -0.2) is 9.38 Å². The van der Waals surface area contributed by atoms with Crippen molar-refractivity contribution in [2.24, 2.45) is 0 Å². The standard InChI is InChI=1S/C13H7F3N2O/c1-6-2-3-9-17-13(19)7-4-8(14)10(15)11(16)12(7)18(9)5-6/h2-5H,1H3. The van der Waals surface area contributed by atoms with Gasteiger partial charge >= 0.3 is 0 Å². The third-order valence-corrected chi connectivity index (χ3v) is 2.90. The van der Waals surface area contributed by atoms with Crippen LogP contribution in [0.3, 0.4) is 0 Å². The number of fused-ring (bicyclic) bond motifs is 3. The molecule has 0 unspecified atom stereocenters. The predicted molar refractivity (Wildman–Crippen MR) is 63.6 cm³/mol. The molecule has 0 amide bonds. The number of aryl methyl sites for hydroxylation is 1. The molecule has 0 spiro atoms. The van der Waals surface area contributed by atoms with Crippen LogP contribution in [0, 0.1) is 24.4 Å². The van der Waals surface area contributed by atoms with E-state index in [0.717, 1.165) is 5.56 Å². The minimum atomic E-state index is -1.60. The van der Waals surface area contributed by atoms with E-state index in [4.69, 9.17) is 0 Å². The maximum Gasteiger partial charge on any atom is 0.281 e. The first kappa shape index (κ1) is 11.7. The lowest BCUT2D eigenvalue weighted by molar-refractivity contribution is 0.452. The number of aromatic nitrogens is 2. The molecule has 3 aromatic rings. The molecule has 0 fully saturated rings. The number of rotatable bonds is 0. The Morgan fingerprint density at radius 1 is 1.16 bits per heavy atom. The van der Waals surface area contributed by atoms with Crippen LogP contribution in [0.4, 0.5) is 13.2 Å². The molecule has 0 aliphatic rings. The summed E-state index contributed by atoms with van der Waals surface area (Å²) in [5.74, 6) is -4.40. The molecule has 3 nitrogen and oxygen atoms in total. The Kier molecular flexibility index (Phi) is 2.35. The molecule has 0 saturated heterocycles. The van der Waals surface area contributed by atoms with Gasteiger partial charge in [-0.1, -0.05) is 6.07 Å². The first-order valence-corrected chi connectivity index (χ1v) is 5.45. The molecule has 96 valence electrons. The Labute approximate surface area is 104 Å². The van der Waals surface area contributed by atoms with Crippen molar-refractivity contribution in [1.29, 1.82) is 0 Å². The molecule has 0 saturated carbocycles. The molecule has 6 heteroatoms. The van der Waals surface area contributed by atoms with Crippen molar-refractivity contribution in [2.75, 3.05) is 0 Å². The third kappa shape index (κ3) is 1.60. The van der Waals surface area contributed by atoms with E-state index in [9.17, 15) is 18.0 Å². The van der Waals surface area contributed by atoms with Crippen LogP contribution in [0.2, 0.25) is 0 Å². The largest absolute Gasteiger partial charge is 0.298 e. The van der Waals surface area contributed by atoms with Crippen LogP contribution in [0.25, 0.3) is 16.6 Å². The summed E-state index contributed by atoms with van der Waals surface area (Å²) in [6, 6.07) is 3.86. The Hall–Kier alpha value is -2.37. The maximum atomic E-state index is 13.9. The number of halogens is 3. The van der Waals surface area contributed by atoms with Gasteiger partial charge in [-0.15, -0.1) is 0 Å². The molecule has 0 N–H and O–H groups in total. The maximum absolute atomic E-state index is 13.9. The van der Waals surface area contributed by atoms with Crippen LogP contribution >= 0.6 is 0 Å². The summed E-state index contributed by atoms with van der Waals surface area (Å²) in [5.41, 5.74) is -0.161. The van der Waals surface area contributed by atoms with Crippen LogP contribution in [0.15, 0.2) is 29.2 Å². The van der Waals surface area contributed by atoms with Gasteiger partial charge in [-0.3, -0.25) is 9.20 Å². The average molecular weight is 264 g/mol. The minimum Gasteiger partial charge on any atom is -0.298 e. The number of nitrogens with zero attached hydrogens (tertiary/aromatic N) is 2. The van der Waals surface area contributed by atoms with E-state index in [1.165, 1.54) is 16.7 Å². The van der Waals surface area contributed by atoms with Crippen molar-refractivity contribution >= 4 is 16.6 Å². The van der Waals surface area contributed by atoms with Gasteiger partial charge in [0.1, 0.15) is 5.65 Å². The van der Waals surface area contributed by atoms with Gasteiger partial charge in [0.25, 0.3) is 5.56 Å². The SMILES string of the molecule is Cc1ccc2nc(=O)c3cc(F)c(F)c(F)c3n2c1. The minimum absolute atomic E-state index is 0.174. The fraction of sp³-hybridized carbons (Fsp3) is 0.0769. The zero-order valence-electron chi connectivity index (χ0n) is 9.75. The van der Waals surface area contributed by atoms with Gasteiger partial charge in [-0.25, -0.2) is 13.2 Å². The van der Waals surface area contributed by atoms with E-state index in [2.05, 4.69) is 4.98 Å². The number of pyridine rings is 1. The topological polar surface area (TPSA) is 34.4 Å². The van der Waals surface area contributed by atoms with Crippen LogP contribution in [-0.2, 0) is 0 Å². The molecule has 0 aliphatic heterocycles. The molecule has 19 heavy (non-hydrogen) atoms. The van der Waals surface area contributed by atoms with Crippen LogP contribution in [0.1, 0.15) is 5.56 Å². The number of hydrogen-bond acceptors (Lipinski definition) is 2. The van der Waals surface area contributed by atoms with Gasteiger partial charge in [0.2, 0.25) is 0 Å². The second kappa shape index (κ2) is 3.81. The lowest BCUT2D eigenvalue weighted by atomic mass is 10.2. The van der Waals surface area contributed by atoms with E-state index < -0.39 is 23.0 Å². The second-order valence-electron chi connectivity index (χ2n) is 4.23. The highest BCUT2D eigenvalue weighted by molar-refractivity contribution is 5.81. The summed E-state index contributed by atoms with van der Waals surface area (Å²) in [6.07, 6.45) is 1.50. The molecule has 0 bridgehead atoms. The summed E-state index contributed by atoms with van der Waals surface area (Å²) in [6.45, 7) is 1.75. The van der Waals surface area contributed by atoms with Gasteiger partial charge in [0, 0.05) is 6.20 Å². The first-order chi connectivity index (χ1) is 8.99. The molecular formula is C13H7F3N2O. The highest BCUT2D eigenvalue weighted by Crippen LogP contribution is 2.21. The van der Waals surface area contributed by atoms with Gasteiger partial charge in [-0.05, 0) is 24.6 Å². The van der Waals surface area contributed by atoms with Crippen molar-refractivity contribution in [3.8, 4) is 0 Å². The fourth-order valence-corrected chi connectivity index (χ4v) is 2.02. The Balaban J connectivity index is 2.70. The van der Waals surface area contributed by atoms with E-state index in [0.29, 0.717) is 6.07 Å². The summed E-state index contributed by atoms with van der Waals surface area (Å²) in [5, 5.41) is -0.292. The van der Waals surface area contributed by atoms with Crippen molar-refractivity contribution in [3.63, 3.8) is 0 Å². The van der Waals surface area contributed by atoms with Crippen molar-refractivity contribution < 1.29 is 13.2 Å². The monoisotopic (exact) mass is 264 g/mol. The van der Waals surface area contributed by atoms with Crippen molar-refractivity contribution in [3.05, 3.63) is 57.8 Å². The number of benzene rings is 1. The van der Waals surface area contributed by atoms with Crippen molar-refractivity contribution in [2.45, 2.75) is 6.92 Å². The highest BCUT2D eigenvalue weighted by atomic mass is 19.2. The van der Waals surface area contributed by atoms with E-state index in [1.807, 2.05) is 0 Å². The van der Waals surface area contributed by atoms with Gasteiger partial charge in [-0.2, -0.15) is 4.98 Å². The molecule has 3 rings (SSSR count). The smallest absolute Gasteiger partial charge is 0.281 e.